The zero-order chi connectivity index (χ0) is 39.4. The van der Waals surface area contributed by atoms with Gasteiger partial charge in [0.2, 0.25) is 29.4 Å². The zero-order valence-corrected chi connectivity index (χ0v) is 29.1. The molecule has 3 aromatic rings. The lowest BCUT2D eigenvalue weighted by atomic mass is 9.51. The molecule has 4 amide bonds. The summed E-state index contributed by atoms with van der Waals surface area (Å²) < 4.78 is 108. The highest BCUT2D eigenvalue weighted by Gasteiger charge is 2.68. The first-order valence-electron chi connectivity index (χ1n) is 16.4. The number of rotatable bonds is 5. The van der Waals surface area contributed by atoms with Crippen molar-refractivity contribution in [1.82, 2.24) is 0 Å². The van der Waals surface area contributed by atoms with Gasteiger partial charge in [-0.2, -0.15) is 26.3 Å². The molecule has 2 aliphatic heterocycles. The third kappa shape index (κ3) is 5.42. The molecule has 0 bridgehead atoms. The average molecular weight is 781 g/mol. The molecule has 4 aliphatic rings. The number of methoxy groups -OCH3 is 2. The molecular weight excluding hydrogens is 753 g/mol. The number of carbonyl (C=O) groups excluding carboxylic acids is 4. The summed E-state index contributed by atoms with van der Waals surface area (Å²) in [5, 5.41) is 10.3. The van der Waals surface area contributed by atoms with Crippen LogP contribution >= 0.6 is 11.6 Å². The predicted molar refractivity (Wildman–Crippen MR) is 176 cm³/mol. The van der Waals surface area contributed by atoms with Crippen molar-refractivity contribution in [2.45, 2.75) is 38.0 Å². The number of anilines is 2. The van der Waals surface area contributed by atoms with E-state index in [1.54, 1.807) is 6.08 Å². The number of halogens is 8. The summed E-state index contributed by atoms with van der Waals surface area (Å²) in [6.07, 6.45) is -9.34. The van der Waals surface area contributed by atoms with E-state index in [2.05, 4.69) is 0 Å². The van der Waals surface area contributed by atoms with Crippen molar-refractivity contribution in [2.24, 2.45) is 29.1 Å². The van der Waals surface area contributed by atoms with Gasteiger partial charge in [-0.05, 0) is 79.8 Å². The Morgan fingerprint density at radius 2 is 1.39 bits per heavy atom. The van der Waals surface area contributed by atoms with E-state index >= 15 is 0 Å². The molecule has 1 saturated carbocycles. The summed E-state index contributed by atoms with van der Waals surface area (Å²) in [5.41, 5.74) is -5.38. The van der Waals surface area contributed by atoms with Crippen molar-refractivity contribution in [3.05, 3.63) is 87.7 Å². The second-order valence-electron chi connectivity index (χ2n) is 13.8. The van der Waals surface area contributed by atoms with Crippen LogP contribution in [0.2, 0.25) is 5.02 Å². The Kier molecular flexibility index (Phi) is 8.59. The lowest BCUT2D eigenvalue weighted by Crippen LogP contribution is -2.48. The van der Waals surface area contributed by atoms with E-state index in [-0.39, 0.29) is 46.7 Å². The third-order valence-corrected chi connectivity index (χ3v) is 11.4. The van der Waals surface area contributed by atoms with Crippen molar-refractivity contribution >= 4 is 46.6 Å². The standard InChI is InChI=1S/C37H28ClF7N2O7/c1-35-23(32(50)47(34(35)52)18-4-7-25(39)24(38)13-18)14-22-20(29(35)15-8-26(53-2)30(48)27(9-15)54-3)5-6-21-28(22)33(51)46(31(21)49)19-11-16(36(40,41)42)10-17(12-19)37(43,44)45/h4-5,7-13,21-23,28-29,48H,6,14H2,1-3H3. The summed E-state index contributed by atoms with van der Waals surface area (Å²) in [7, 11) is 2.52. The number of carbonyl (C=O) groups is 4. The summed E-state index contributed by atoms with van der Waals surface area (Å²) in [6.45, 7) is 1.53. The number of hydrogen-bond donors (Lipinski definition) is 1. The van der Waals surface area contributed by atoms with Gasteiger partial charge in [-0.15, -0.1) is 0 Å². The first-order valence-corrected chi connectivity index (χ1v) is 16.8. The number of imide groups is 2. The Bertz CT molecular complexity index is 2130. The maximum atomic E-state index is 14.6. The third-order valence-electron chi connectivity index (χ3n) is 11.1. The fourth-order valence-electron chi connectivity index (χ4n) is 8.67. The number of phenolic OH excluding ortho intramolecular Hbond substituents is 1. The van der Waals surface area contributed by atoms with Gasteiger partial charge in [-0.3, -0.25) is 19.2 Å². The van der Waals surface area contributed by atoms with Gasteiger partial charge in [-0.1, -0.05) is 23.3 Å². The van der Waals surface area contributed by atoms with E-state index in [1.807, 2.05) is 0 Å². The largest absolute Gasteiger partial charge is 0.502 e. The van der Waals surface area contributed by atoms with Crippen molar-refractivity contribution in [1.29, 1.82) is 0 Å². The average Bonchev–Trinajstić information content (AvgIpc) is 3.48. The van der Waals surface area contributed by atoms with Crippen LogP contribution in [0, 0.1) is 34.9 Å². The number of phenols is 1. The highest BCUT2D eigenvalue weighted by atomic mass is 35.5. The number of alkyl halides is 6. The Hall–Kier alpha value is -5.12. The van der Waals surface area contributed by atoms with Gasteiger partial charge < -0.3 is 14.6 Å². The number of ether oxygens (including phenoxy) is 2. The Balaban J connectivity index is 1.39. The maximum Gasteiger partial charge on any atom is 0.416 e. The number of aromatic hydroxyl groups is 1. The molecule has 3 aromatic carbocycles. The van der Waals surface area contributed by atoms with Crippen LogP contribution in [0.25, 0.3) is 0 Å². The van der Waals surface area contributed by atoms with Crippen LogP contribution in [-0.2, 0) is 31.5 Å². The van der Waals surface area contributed by atoms with Crippen molar-refractivity contribution in [3.8, 4) is 17.2 Å². The molecule has 284 valence electrons. The number of hydrogen-bond acceptors (Lipinski definition) is 7. The minimum atomic E-state index is -5.26. The van der Waals surface area contributed by atoms with Gasteiger partial charge in [0.1, 0.15) is 5.82 Å². The van der Waals surface area contributed by atoms with E-state index in [1.165, 1.54) is 39.3 Å². The highest BCUT2D eigenvalue weighted by molar-refractivity contribution is 6.32. The SMILES string of the molecule is COc1cc(C2C3=CCC4C(=O)N(c5cc(C(F)(F)F)cc(C(F)(F)F)c5)C(=O)C4C3CC3C(=O)N(c4ccc(F)c(Cl)c4)C(=O)C32C)cc(OC)c1O. The van der Waals surface area contributed by atoms with Gasteiger partial charge in [0.15, 0.2) is 11.5 Å². The molecule has 7 rings (SSSR count). The molecule has 6 atom stereocenters. The number of allylic oxidation sites excluding steroid dienone is 2. The van der Waals surface area contributed by atoms with Crippen molar-refractivity contribution < 1.29 is 64.5 Å². The molecule has 54 heavy (non-hydrogen) atoms. The summed E-state index contributed by atoms with van der Waals surface area (Å²) in [5.74, 6) is -10.9. The summed E-state index contributed by atoms with van der Waals surface area (Å²) in [4.78, 5) is 58.4. The fourth-order valence-corrected chi connectivity index (χ4v) is 8.84. The van der Waals surface area contributed by atoms with Crippen LogP contribution in [-0.4, -0.2) is 43.0 Å². The minimum absolute atomic E-state index is 0.0511. The second-order valence-corrected chi connectivity index (χ2v) is 14.2. The Morgan fingerprint density at radius 3 is 1.93 bits per heavy atom. The molecule has 1 N–H and O–H groups in total. The molecule has 0 aromatic heterocycles. The smallest absolute Gasteiger partial charge is 0.416 e. The van der Waals surface area contributed by atoms with Gasteiger partial charge in [0.05, 0.1) is 64.9 Å². The highest BCUT2D eigenvalue weighted by Crippen LogP contribution is 2.64. The van der Waals surface area contributed by atoms with E-state index in [9.17, 15) is 55.0 Å². The molecule has 3 fully saturated rings. The lowest BCUT2D eigenvalue weighted by molar-refractivity contribution is -0.143. The van der Waals surface area contributed by atoms with Crippen LogP contribution in [0.3, 0.4) is 0 Å². The van der Waals surface area contributed by atoms with Crippen LogP contribution in [0.5, 0.6) is 17.2 Å². The van der Waals surface area contributed by atoms with E-state index in [4.69, 9.17) is 21.1 Å². The zero-order valence-electron chi connectivity index (χ0n) is 28.3. The lowest BCUT2D eigenvalue weighted by Gasteiger charge is -2.49. The molecule has 17 heteroatoms. The topological polar surface area (TPSA) is 113 Å². The summed E-state index contributed by atoms with van der Waals surface area (Å²) >= 11 is 6.02. The molecule has 9 nitrogen and oxygen atoms in total. The first kappa shape index (κ1) is 37.2. The maximum absolute atomic E-state index is 14.6. The Morgan fingerprint density at radius 1 is 0.796 bits per heavy atom. The molecule has 2 aliphatic carbocycles. The molecule has 2 heterocycles. The second kappa shape index (κ2) is 12.5. The van der Waals surface area contributed by atoms with Crippen LogP contribution in [0.4, 0.5) is 42.1 Å². The van der Waals surface area contributed by atoms with Crippen molar-refractivity contribution in [2.75, 3.05) is 24.0 Å². The monoisotopic (exact) mass is 780 g/mol. The van der Waals surface area contributed by atoms with Crippen LogP contribution in [0.15, 0.2) is 60.2 Å². The van der Waals surface area contributed by atoms with E-state index in [0.29, 0.717) is 22.6 Å². The van der Waals surface area contributed by atoms with Gasteiger partial charge in [-0.25, -0.2) is 14.2 Å². The van der Waals surface area contributed by atoms with Crippen LogP contribution < -0.4 is 19.3 Å². The molecule has 2 saturated heterocycles. The molecular formula is C37H28ClF7N2O7. The minimum Gasteiger partial charge on any atom is -0.502 e. The number of fused-ring (bicyclic) bond motifs is 4. The molecule has 6 unspecified atom stereocenters. The van der Waals surface area contributed by atoms with Crippen molar-refractivity contribution in [3.63, 3.8) is 0 Å². The normalized spacial score (nSPS) is 26.8. The fraction of sp³-hybridized carbons (Fsp3) is 0.351. The Labute approximate surface area is 306 Å². The molecule has 0 spiro atoms. The van der Waals surface area contributed by atoms with Gasteiger partial charge >= 0.3 is 12.4 Å². The van der Waals surface area contributed by atoms with Gasteiger partial charge in [0.25, 0.3) is 0 Å². The quantitative estimate of drug-likeness (QED) is 0.161. The summed E-state index contributed by atoms with van der Waals surface area (Å²) in [6, 6.07) is 6.56. The molecule has 0 radical (unpaired) electrons. The number of amides is 4. The first-order chi connectivity index (χ1) is 25.2. The van der Waals surface area contributed by atoms with E-state index in [0.717, 1.165) is 17.0 Å². The predicted octanol–water partition coefficient (Wildman–Crippen LogP) is 7.67. The number of benzene rings is 3. The van der Waals surface area contributed by atoms with Gasteiger partial charge in [0, 0.05) is 5.92 Å². The van der Waals surface area contributed by atoms with E-state index < -0.39 is 99.4 Å². The number of nitrogens with zero attached hydrogens (tertiary/aromatic N) is 2. The van der Waals surface area contributed by atoms with Crippen LogP contribution in [0.1, 0.15) is 42.4 Å².